The highest BCUT2D eigenvalue weighted by atomic mass is 15.3. The first-order chi connectivity index (χ1) is 11.6. The Morgan fingerprint density at radius 1 is 1.08 bits per heavy atom. The third-order valence-electron chi connectivity index (χ3n) is 4.05. The van der Waals surface area contributed by atoms with Crippen molar-refractivity contribution >= 4 is 22.7 Å². The van der Waals surface area contributed by atoms with Gasteiger partial charge in [0.05, 0.1) is 17.6 Å². The molecule has 0 saturated heterocycles. The van der Waals surface area contributed by atoms with Crippen LogP contribution in [0.4, 0.5) is 11.5 Å². The average molecular weight is 319 g/mol. The first-order valence-corrected chi connectivity index (χ1v) is 7.67. The van der Waals surface area contributed by atoms with Crippen molar-refractivity contribution in [2.24, 2.45) is 7.05 Å². The van der Waals surface area contributed by atoms with Crippen molar-refractivity contribution in [3.05, 3.63) is 48.0 Å². The Bertz CT molecular complexity index is 1010. The molecule has 0 aliphatic rings. The Balaban J connectivity index is 1.89. The lowest BCUT2D eigenvalue weighted by atomic mass is 10.2. The normalized spacial score (nSPS) is 11.1. The summed E-state index contributed by atoms with van der Waals surface area (Å²) in [6, 6.07) is 9.91. The Labute approximate surface area is 138 Å². The molecule has 120 valence electrons. The Morgan fingerprint density at radius 3 is 2.58 bits per heavy atom. The predicted octanol–water partition coefficient (Wildman–Crippen LogP) is 3.11. The second-order valence-electron chi connectivity index (χ2n) is 5.66. The summed E-state index contributed by atoms with van der Waals surface area (Å²) < 4.78 is 1.84. The van der Waals surface area contributed by atoms with E-state index in [0.29, 0.717) is 17.3 Å². The van der Waals surface area contributed by atoms with Crippen molar-refractivity contribution in [1.82, 2.24) is 29.7 Å². The quantitative estimate of drug-likeness (QED) is 0.606. The molecule has 7 nitrogen and oxygen atoms in total. The van der Waals surface area contributed by atoms with Gasteiger partial charge in [-0.1, -0.05) is 18.2 Å². The number of benzene rings is 1. The van der Waals surface area contributed by atoms with Crippen LogP contribution >= 0.6 is 0 Å². The van der Waals surface area contributed by atoms with Gasteiger partial charge in [0.15, 0.2) is 17.3 Å². The molecular formula is C17H17N7. The molecule has 0 unspecified atom stereocenters. The van der Waals surface area contributed by atoms with Gasteiger partial charge in [-0.25, -0.2) is 15.0 Å². The number of hydrogen-bond donors (Lipinski definition) is 2. The van der Waals surface area contributed by atoms with Crippen LogP contribution in [0.5, 0.6) is 0 Å². The number of aromatic nitrogens is 6. The molecule has 0 saturated carbocycles. The molecule has 3 heterocycles. The van der Waals surface area contributed by atoms with Crippen LogP contribution in [0.3, 0.4) is 0 Å². The molecule has 3 aromatic heterocycles. The van der Waals surface area contributed by atoms with Crippen LogP contribution in [0, 0.1) is 13.8 Å². The van der Waals surface area contributed by atoms with Crippen LogP contribution in [-0.4, -0.2) is 29.7 Å². The van der Waals surface area contributed by atoms with E-state index < -0.39 is 0 Å². The zero-order valence-electron chi connectivity index (χ0n) is 13.7. The van der Waals surface area contributed by atoms with Crippen molar-refractivity contribution in [1.29, 1.82) is 0 Å². The van der Waals surface area contributed by atoms with E-state index in [2.05, 4.69) is 25.4 Å². The fraction of sp³-hybridized carbons (Fsp3) is 0.176. The topological polar surface area (TPSA) is 84.3 Å². The van der Waals surface area contributed by atoms with Crippen LogP contribution in [0.25, 0.3) is 22.6 Å². The molecule has 4 aromatic rings. The van der Waals surface area contributed by atoms with Crippen LogP contribution in [0.1, 0.15) is 11.4 Å². The second kappa shape index (κ2) is 5.45. The van der Waals surface area contributed by atoms with Gasteiger partial charge in [-0.3, -0.25) is 4.68 Å². The summed E-state index contributed by atoms with van der Waals surface area (Å²) in [7, 11) is 1.92. The predicted molar refractivity (Wildman–Crippen MR) is 93.1 cm³/mol. The molecule has 24 heavy (non-hydrogen) atoms. The lowest BCUT2D eigenvalue weighted by Crippen LogP contribution is -2.00. The maximum absolute atomic E-state index is 4.73. The number of nitrogens with zero attached hydrogens (tertiary/aromatic N) is 5. The lowest BCUT2D eigenvalue weighted by Gasteiger charge is -2.08. The van der Waals surface area contributed by atoms with Gasteiger partial charge in [-0.15, -0.1) is 0 Å². The van der Waals surface area contributed by atoms with Crippen molar-refractivity contribution in [3.63, 3.8) is 0 Å². The van der Waals surface area contributed by atoms with Crippen LogP contribution in [0.2, 0.25) is 0 Å². The van der Waals surface area contributed by atoms with Crippen molar-refractivity contribution < 1.29 is 0 Å². The SMILES string of the molecule is Cc1nn(C)c(C)c1-c1nc(Nc2ccccc2)c2[nH]cnc2n1. The fourth-order valence-corrected chi connectivity index (χ4v) is 2.79. The highest BCUT2D eigenvalue weighted by molar-refractivity contribution is 5.87. The Kier molecular flexibility index (Phi) is 3.26. The summed E-state index contributed by atoms with van der Waals surface area (Å²) in [6.45, 7) is 3.97. The standard InChI is InChI=1S/C17H17N7/c1-10-13(11(2)24(3)23-10)15-21-16-14(18-9-19-16)17(22-15)20-12-7-5-4-6-8-12/h4-9H,1-3H3,(H2,18,19,20,21,22). The number of aromatic amines is 1. The summed E-state index contributed by atoms with van der Waals surface area (Å²) >= 11 is 0. The molecule has 0 spiro atoms. The molecule has 2 N–H and O–H groups in total. The van der Waals surface area contributed by atoms with Crippen molar-refractivity contribution in [2.75, 3.05) is 5.32 Å². The van der Waals surface area contributed by atoms with E-state index in [1.807, 2.05) is 55.9 Å². The molecule has 0 aliphatic carbocycles. The summed E-state index contributed by atoms with van der Waals surface area (Å²) in [5.74, 6) is 1.32. The summed E-state index contributed by atoms with van der Waals surface area (Å²) in [4.78, 5) is 16.7. The van der Waals surface area contributed by atoms with Crippen LogP contribution < -0.4 is 5.32 Å². The Hall–Kier alpha value is -3.22. The van der Waals surface area contributed by atoms with Gasteiger partial charge < -0.3 is 10.3 Å². The number of rotatable bonds is 3. The van der Waals surface area contributed by atoms with Crippen molar-refractivity contribution in [2.45, 2.75) is 13.8 Å². The van der Waals surface area contributed by atoms with Gasteiger partial charge in [-0.2, -0.15) is 5.10 Å². The molecular weight excluding hydrogens is 302 g/mol. The first kappa shape index (κ1) is 14.4. The number of imidazole rings is 1. The second-order valence-corrected chi connectivity index (χ2v) is 5.66. The lowest BCUT2D eigenvalue weighted by molar-refractivity contribution is 0.731. The number of fused-ring (bicyclic) bond motifs is 1. The summed E-state index contributed by atoms with van der Waals surface area (Å²) in [6.07, 6.45) is 1.63. The minimum atomic E-state index is 0.621. The highest BCUT2D eigenvalue weighted by Gasteiger charge is 2.18. The molecule has 0 aliphatic heterocycles. The van der Waals surface area contributed by atoms with E-state index in [4.69, 9.17) is 4.98 Å². The van der Waals surface area contributed by atoms with E-state index >= 15 is 0 Å². The highest BCUT2D eigenvalue weighted by Crippen LogP contribution is 2.28. The van der Waals surface area contributed by atoms with Gasteiger partial charge in [0, 0.05) is 18.4 Å². The maximum Gasteiger partial charge on any atom is 0.183 e. The Morgan fingerprint density at radius 2 is 1.88 bits per heavy atom. The van der Waals surface area contributed by atoms with E-state index in [9.17, 15) is 0 Å². The van der Waals surface area contributed by atoms with Crippen LogP contribution in [0.15, 0.2) is 36.7 Å². The van der Waals surface area contributed by atoms with Crippen molar-refractivity contribution in [3.8, 4) is 11.4 Å². The van der Waals surface area contributed by atoms with E-state index in [1.54, 1.807) is 6.33 Å². The molecule has 0 atom stereocenters. The molecule has 0 fully saturated rings. The smallest absolute Gasteiger partial charge is 0.183 e. The van der Waals surface area contributed by atoms with Gasteiger partial charge in [0.25, 0.3) is 0 Å². The molecule has 7 heteroatoms. The summed E-state index contributed by atoms with van der Waals surface area (Å²) in [5, 5.41) is 7.80. The average Bonchev–Trinajstić information content (AvgIpc) is 3.13. The molecule has 1 aromatic carbocycles. The van der Waals surface area contributed by atoms with E-state index in [0.717, 1.165) is 28.2 Å². The first-order valence-electron chi connectivity index (χ1n) is 7.67. The van der Waals surface area contributed by atoms with E-state index in [-0.39, 0.29) is 0 Å². The largest absolute Gasteiger partial charge is 0.340 e. The molecule has 0 amide bonds. The maximum atomic E-state index is 4.73. The fourth-order valence-electron chi connectivity index (χ4n) is 2.79. The number of para-hydroxylation sites is 1. The zero-order valence-corrected chi connectivity index (χ0v) is 13.7. The number of aryl methyl sites for hydroxylation is 2. The van der Waals surface area contributed by atoms with E-state index in [1.165, 1.54) is 0 Å². The third kappa shape index (κ3) is 2.30. The number of H-pyrrole nitrogens is 1. The number of anilines is 2. The monoisotopic (exact) mass is 319 g/mol. The molecule has 4 rings (SSSR count). The van der Waals surface area contributed by atoms with Gasteiger partial charge in [0.1, 0.15) is 5.52 Å². The summed E-state index contributed by atoms with van der Waals surface area (Å²) in [5.41, 5.74) is 5.22. The van der Waals surface area contributed by atoms with Gasteiger partial charge >= 0.3 is 0 Å². The minimum absolute atomic E-state index is 0.621. The van der Waals surface area contributed by atoms with Gasteiger partial charge in [0.2, 0.25) is 0 Å². The zero-order chi connectivity index (χ0) is 16.7. The molecule has 0 radical (unpaired) electrons. The molecule has 0 bridgehead atoms. The third-order valence-corrected chi connectivity index (χ3v) is 4.05. The van der Waals surface area contributed by atoms with Crippen LogP contribution in [-0.2, 0) is 7.05 Å². The van der Waals surface area contributed by atoms with Gasteiger partial charge in [-0.05, 0) is 26.0 Å². The number of nitrogens with one attached hydrogen (secondary N) is 2. The minimum Gasteiger partial charge on any atom is -0.340 e. The number of hydrogen-bond acceptors (Lipinski definition) is 5.